The summed E-state index contributed by atoms with van der Waals surface area (Å²) in [6, 6.07) is 15.4. The minimum absolute atomic E-state index is 0.00273. The quantitative estimate of drug-likeness (QED) is 0.822. The number of hydrogen-bond donors (Lipinski definition) is 1. The average molecular weight is 298 g/mol. The van der Waals surface area contributed by atoms with E-state index in [4.69, 9.17) is 28.9 Å². The van der Waals surface area contributed by atoms with Crippen LogP contribution < -0.4 is 5.73 Å². The zero-order valence-corrected chi connectivity index (χ0v) is 12.0. The molecule has 0 fully saturated rings. The first-order valence-electron chi connectivity index (χ1n) is 5.54. The Hall–Kier alpha value is -0.670. The van der Waals surface area contributed by atoms with Crippen LogP contribution in [0.1, 0.15) is 11.6 Å². The zero-order valence-electron chi connectivity index (χ0n) is 9.64. The maximum atomic E-state index is 6.13. The summed E-state index contributed by atoms with van der Waals surface area (Å²) in [5, 5.41) is 1.48. The minimum Gasteiger partial charge on any atom is -0.323 e. The molecule has 0 bridgehead atoms. The van der Waals surface area contributed by atoms with Crippen LogP contribution in [0.25, 0.3) is 0 Å². The topological polar surface area (TPSA) is 26.0 Å². The second-order valence-corrected chi connectivity index (χ2v) is 5.89. The lowest BCUT2D eigenvalue weighted by molar-refractivity contribution is 0.831. The molecule has 94 valence electrons. The Morgan fingerprint density at radius 3 is 1.94 bits per heavy atom. The third-order valence-corrected chi connectivity index (χ3v) is 4.18. The fraction of sp³-hybridized carbons (Fsp3) is 0.143. The lowest BCUT2D eigenvalue weighted by atomic mass is 10.1. The standard InChI is InChI=1S/C14H13Cl2NS/c15-11-3-1-10(2-4-11)14(17)9-18-13-7-5-12(16)6-8-13/h1-8,14H,9,17H2. The van der Waals surface area contributed by atoms with Crippen molar-refractivity contribution < 1.29 is 0 Å². The molecule has 0 spiro atoms. The summed E-state index contributed by atoms with van der Waals surface area (Å²) in [6.45, 7) is 0. The predicted molar refractivity (Wildman–Crippen MR) is 80.6 cm³/mol. The molecular weight excluding hydrogens is 285 g/mol. The van der Waals surface area contributed by atoms with Crippen molar-refractivity contribution in [3.63, 3.8) is 0 Å². The Labute approximate surface area is 121 Å². The van der Waals surface area contributed by atoms with Gasteiger partial charge in [0.25, 0.3) is 0 Å². The molecule has 2 aromatic rings. The number of nitrogens with two attached hydrogens (primary N) is 1. The van der Waals surface area contributed by atoms with Crippen LogP contribution in [-0.4, -0.2) is 5.75 Å². The van der Waals surface area contributed by atoms with Gasteiger partial charge in [-0.05, 0) is 42.0 Å². The molecule has 2 N–H and O–H groups in total. The van der Waals surface area contributed by atoms with E-state index in [-0.39, 0.29) is 6.04 Å². The average Bonchev–Trinajstić information content (AvgIpc) is 2.38. The SMILES string of the molecule is NC(CSc1ccc(Cl)cc1)c1ccc(Cl)cc1. The summed E-state index contributed by atoms with van der Waals surface area (Å²) in [6.07, 6.45) is 0. The number of rotatable bonds is 4. The molecule has 2 rings (SSSR count). The summed E-state index contributed by atoms with van der Waals surface area (Å²) >= 11 is 13.4. The van der Waals surface area contributed by atoms with Gasteiger partial charge >= 0.3 is 0 Å². The Morgan fingerprint density at radius 1 is 0.889 bits per heavy atom. The van der Waals surface area contributed by atoms with E-state index >= 15 is 0 Å². The largest absolute Gasteiger partial charge is 0.323 e. The first-order valence-corrected chi connectivity index (χ1v) is 7.29. The normalized spacial score (nSPS) is 12.4. The van der Waals surface area contributed by atoms with E-state index in [0.29, 0.717) is 0 Å². The Morgan fingerprint density at radius 2 is 1.39 bits per heavy atom. The van der Waals surface area contributed by atoms with Crippen LogP contribution in [0.15, 0.2) is 53.4 Å². The molecule has 1 unspecified atom stereocenters. The van der Waals surface area contributed by atoms with Crippen molar-refractivity contribution in [2.75, 3.05) is 5.75 Å². The Kier molecular flexibility index (Phi) is 4.95. The van der Waals surface area contributed by atoms with E-state index in [1.165, 1.54) is 4.90 Å². The van der Waals surface area contributed by atoms with Gasteiger partial charge in [-0.3, -0.25) is 0 Å². The van der Waals surface area contributed by atoms with Gasteiger partial charge in [-0.15, -0.1) is 11.8 Å². The van der Waals surface area contributed by atoms with E-state index in [9.17, 15) is 0 Å². The third kappa shape index (κ3) is 3.92. The molecular formula is C14H13Cl2NS. The molecule has 0 aliphatic carbocycles. The van der Waals surface area contributed by atoms with Crippen molar-refractivity contribution in [2.24, 2.45) is 5.73 Å². The second kappa shape index (κ2) is 6.48. The molecule has 0 heterocycles. The Balaban J connectivity index is 1.93. The van der Waals surface area contributed by atoms with E-state index < -0.39 is 0 Å². The van der Waals surface area contributed by atoms with Gasteiger partial charge in [-0.1, -0.05) is 35.3 Å². The molecule has 1 nitrogen and oxygen atoms in total. The Bertz CT molecular complexity index is 496. The molecule has 4 heteroatoms. The summed E-state index contributed by atoms with van der Waals surface area (Å²) in [7, 11) is 0. The second-order valence-electron chi connectivity index (χ2n) is 3.92. The fourth-order valence-electron chi connectivity index (χ4n) is 1.52. The minimum atomic E-state index is 0.00273. The first kappa shape index (κ1) is 13.8. The molecule has 1 atom stereocenters. The van der Waals surface area contributed by atoms with Crippen LogP contribution in [0, 0.1) is 0 Å². The number of thioether (sulfide) groups is 1. The molecule has 0 amide bonds. The van der Waals surface area contributed by atoms with Crippen molar-refractivity contribution in [1.82, 2.24) is 0 Å². The molecule has 2 aromatic carbocycles. The first-order chi connectivity index (χ1) is 8.65. The number of hydrogen-bond acceptors (Lipinski definition) is 2. The number of halogens is 2. The molecule has 0 saturated carbocycles. The van der Waals surface area contributed by atoms with Gasteiger partial charge in [0.05, 0.1) is 0 Å². The third-order valence-electron chi connectivity index (χ3n) is 2.54. The van der Waals surface area contributed by atoms with Gasteiger partial charge in [0.2, 0.25) is 0 Å². The van der Waals surface area contributed by atoms with Crippen molar-refractivity contribution >= 4 is 35.0 Å². The van der Waals surface area contributed by atoms with Gasteiger partial charge in [0.15, 0.2) is 0 Å². The van der Waals surface area contributed by atoms with Crippen LogP contribution >= 0.6 is 35.0 Å². The highest BCUT2D eigenvalue weighted by atomic mass is 35.5. The van der Waals surface area contributed by atoms with Crippen molar-refractivity contribution in [3.05, 3.63) is 64.1 Å². The lowest BCUT2D eigenvalue weighted by Crippen LogP contribution is -2.12. The van der Waals surface area contributed by atoms with E-state index in [1.54, 1.807) is 11.8 Å². The summed E-state index contributed by atoms with van der Waals surface area (Å²) in [5.41, 5.74) is 7.23. The van der Waals surface area contributed by atoms with Crippen LogP contribution in [0.5, 0.6) is 0 Å². The van der Waals surface area contributed by atoms with Gasteiger partial charge in [0.1, 0.15) is 0 Å². The maximum Gasteiger partial charge on any atom is 0.0406 e. The van der Waals surface area contributed by atoms with Crippen molar-refractivity contribution in [1.29, 1.82) is 0 Å². The predicted octanol–water partition coefficient (Wildman–Crippen LogP) is 4.79. The molecule has 0 aromatic heterocycles. The molecule has 0 aliphatic heterocycles. The summed E-state index contributed by atoms with van der Waals surface area (Å²) in [4.78, 5) is 1.17. The van der Waals surface area contributed by atoms with E-state index in [1.807, 2.05) is 48.5 Å². The van der Waals surface area contributed by atoms with Crippen molar-refractivity contribution in [2.45, 2.75) is 10.9 Å². The highest BCUT2D eigenvalue weighted by molar-refractivity contribution is 7.99. The smallest absolute Gasteiger partial charge is 0.0406 e. The lowest BCUT2D eigenvalue weighted by Gasteiger charge is -2.11. The highest BCUT2D eigenvalue weighted by Gasteiger charge is 2.06. The number of benzene rings is 2. The van der Waals surface area contributed by atoms with Crippen LogP contribution in [0.3, 0.4) is 0 Å². The molecule has 0 aliphatic rings. The van der Waals surface area contributed by atoms with Crippen LogP contribution in [0.4, 0.5) is 0 Å². The monoisotopic (exact) mass is 297 g/mol. The molecule has 0 radical (unpaired) electrons. The summed E-state index contributed by atoms with van der Waals surface area (Å²) in [5.74, 6) is 0.823. The van der Waals surface area contributed by atoms with Gasteiger partial charge in [0, 0.05) is 26.7 Å². The maximum absolute atomic E-state index is 6.13. The highest BCUT2D eigenvalue weighted by Crippen LogP contribution is 2.25. The molecule has 0 saturated heterocycles. The van der Waals surface area contributed by atoms with Crippen molar-refractivity contribution in [3.8, 4) is 0 Å². The van der Waals surface area contributed by atoms with E-state index in [0.717, 1.165) is 21.4 Å². The van der Waals surface area contributed by atoms with E-state index in [2.05, 4.69) is 0 Å². The van der Waals surface area contributed by atoms with Gasteiger partial charge < -0.3 is 5.73 Å². The zero-order chi connectivity index (χ0) is 13.0. The van der Waals surface area contributed by atoms with Crippen LogP contribution in [0.2, 0.25) is 10.0 Å². The van der Waals surface area contributed by atoms with Crippen LogP contribution in [-0.2, 0) is 0 Å². The van der Waals surface area contributed by atoms with Gasteiger partial charge in [-0.2, -0.15) is 0 Å². The van der Waals surface area contributed by atoms with Gasteiger partial charge in [-0.25, -0.2) is 0 Å². The fourth-order valence-corrected chi connectivity index (χ4v) is 2.67. The summed E-state index contributed by atoms with van der Waals surface area (Å²) < 4.78 is 0. The molecule has 18 heavy (non-hydrogen) atoms.